The highest BCUT2D eigenvalue weighted by Gasteiger charge is 2.07. The zero-order chi connectivity index (χ0) is 21.9. The highest BCUT2D eigenvalue weighted by molar-refractivity contribution is 5.89. The number of halogens is 2. The maximum Gasteiger partial charge on any atom is 0.387 e. The fourth-order valence-electron chi connectivity index (χ4n) is 2.29. The molecule has 2 rings (SSSR count). The number of nitrogens with zero attached hydrogens (tertiary/aromatic N) is 1. The second-order valence-corrected chi connectivity index (χ2v) is 5.91. The van der Waals surface area contributed by atoms with Crippen LogP contribution >= 0.6 is 0 Å². The van der Waals surface area contributed by atoms with E-state index < -0.39 is 30.0 Å². The monoisotopic (exact) mass is 420 g/mol. The van der Waals surface area contributed by atoms with Crippen LogP contribution in [0.2, 0.25) is 0 Å². The lowest BCUT2D eigenvalue weighted by molar-refractivity contribution is -0.384. The van der Waals surface area contributed by atoms with Gasteiger partial charge in [0.05, 0.1) is 4.92 Å². The molecule has 0 heterocycles. The normalized spacial score (nSPS) is 10.8. The zero-order valence-electron chi connectivity index (χ0n) is 15.6. The molecule has 0 radical (unpaired) electrons. The number of hydrogen-bond donors (Lipinski definition) is 1. The fraction of sp³-hybridized carbons (Fsp3) is 0.200. The molecule has 158 valence electrons. The predicted molar refractivity (Wildman–Crippen MR) is 103 cm³/mol. The summed E-state index contributed by atoms with van der Waals surface area (Å²) in [5.74, 6) is -1.19. The molecule has 0 aromatic heterocycles. The van der Waals surface area contributed by atoms with Gasteiger partial charge in [-0.25, -0.2) is 4.79 Å². The molecule has 30 heavy (non-hydrogen) atoms. The Hall–Kier alpha value is -3.82. The number of esters is 1. The second kappa shape index (κ2) is 11.2. The van der Waals surface area contributed by atoms with Crippen LogP contribution in [0.15, 0.2) is 54.6 Å². The van der Waals surface area contributed by atoms with Gasteiger partial charge in [0.25, 0.3) is 11.6 Å². The molecular weight excluding hydrogens is 402 g/mol. The molecule has 8 nitrogen and oxygen atoms in total. The average molecular weight is 420 g/mol. The first-order valence-electron chi connectivity index (χ1n) is 8.73. The molecular formula is C20H18F2N2O6. The molecule has 0 aliphatic heterocycles. The molecule has 10 heteroatoms. The quantitative estimate of drug-likeness (QED) is 0.274. The summed E-state index contributed by atoms with van der Waals surface area (Å²) in [5.41, 5.74) is 1.30. The van der Waals surface area contributed by atoms with Gasteiger partial charge in [-0.2, -0.15) is 8.78 Å². The van der Waals surface area contributed by atoms with Crippen LogP contribution in [0.5, 0.6) is 5.75 Å². The van der Waals surface area contributed by atoms with Crippen LogP contribution in [0.25, 0.3) is 6.08 Å². The molecule has 0 saturated heterocycles. The lowest BCUT2D eigenvalue weighted by atomic mass is 10.1. The summed E-state index contributed by atoms with van der Waals surface area (Å²) < 4.78 is 33.2. The van der Waals surface area contributed by atoms with E-state index in [1.165, 1.54) is 42.5 Å². The van der Waals surface area contributed by atoms with Gasteiger partial charge in [0, 0.05) is 24.8 Å². The van der Waals surface area contributed by atoms with E-state index in [1.54, 1.807) is 12.1 Å². The van der Waals surface area contributed by atoms with E-state index in [-0.39, 0.29) is 18.0 Å². The van der Waals surface area contributed by atoms with Crippen molar-refractivity contribution in [3.05, 3.63) is 75.8 Å². The van der Waals surface area contributed by atoms with Gasteiger partial charge < -0.3 is 14.8 Å². The fourth-order valence-corrected chi connectivity index (χ4v) is 2.29. The maximum atomic E-state index is 12.1. The molecule has 0 saturated carbocycles. The number of hydrogen-bond acceptors (Lipinski definition) is 6. The molecule has 1 N–H and O–H groups in total. The van der Waals surface area contributed by atoms with Crippen LogP contribution in [0.4, 0.5) is 14.5 Å². The van der Waals surface area contributed by atoms with E-state index in [0.717, 1.165) is 11.6 Å². The number of ether oxygens (including phenoxy) is 2. The lowest BCUT2D eigenvalue weighted by Crippen LogP contribution is -2.30. The van der Waals surface area contributed by atoms with E-state index in [1.807, 2.05) is 0 Å². The van der Waals surface area contributed by atoms with Gasteiger partial charge in [-0.1, -0.05) is 12.1 Å². The number of non-ortho nitro benzene ring substituents is 1. The zero-order valence-corrected chi connectivity index (χ0v) is 15.6. The number of nitrogens with one attached hydrogen (secondary N) is 1. The highest BCUT2D eigenvalue weighted by atomic mass is 19.3. The number of amides is 1. The van der Waals surface area contributed by atoms with E-state index in [4.69, 9.17) is 4.74 Å². The topological polar surface area (TPSA) is 108 Å². The Morgan fingerprint density at radius 2 is 1.77 bits per heavy atom. The minimum absolute atomic E-state index is 0.0477. The molecule has 0 fully saturated rings. The molecule has 0 bridgehead atoms. The van der Waals surface area contributed by atoms with Gasteiger partial charge in [-0.15, -0.1) is 0 Å². The molecule has 0 aliphatic carbocycles. The number of nitro benzene ring substituents is 1. The van der Waals surface area contributed by atoms with Crippen molar-refractivity contribution in [2.45, 2.75) is 13.0 Å². The number of alkyl halides is 2. The number of carbonyl (C=O) groups is 2. The average Bonchev–Trinajstić information content (AvgIpc) is 2.72. The van der Waals surface area contributed by atoms with Gasteiger partial charge >= 0.3 is 12.6 Å². The first-order chi connectivity index (χ1) is 14.3. The third-order valence-electron chi connectivity index (χ3n) is 3.75. The van der Waals surface area contributed by atoms with Crippen molar-refractivity contribution in [2.75, 3.05) is 13.2 Å². The van der Waals surface area contributed by atoms with Crippen molar-refractivity contribution in [1.29, 1.82) is 0 Å². The smallest absolute Gasteiger partial charge is 0.387 e. The Labute approximate surface area is 170 Å². The molecule has 0 unspecified atom stereocenters. The van der Waals surface area contributed by atoms with Crippen molar-refractivity contribution in [3.8, 4) is 5.75 Å². The van der Waals surface area contributed by atoms with E-state index in [9.17, 15) is 28.5 Å². The molecule has 0 aliphatic rings. The minimum atomic E-state index is -2.89. The standard InChI is InChI=1S/C20H18F2N2O6/c21-20(22)30-17-8-3-15(4-9-17)11-12-23-18(25)13-29-19(26)10-5-14-1-6-16(7-2-14)24(27)28/h1-10,20H,11-13H2,(H,23,25)/b10-5+. The van der Waals surface area contributed by atoms with Crippen molar-refractivity contribution in [2.24, 2.45) is 0 Å². The molecule has 2 aromatic carbocycles. The molecule has 0 spiro atoms. The third kappa shape index (κ3) is 8.05. The van der Waals surface area contributed by atoms with E-state index in [0.29, 0.717) is 12.0 Å². The summed E-state index contributed by atoms with van der Waals surface area (Å²) in [7, 11) is 0. The van der Waals surface area contributed by atoms with Crippen molar-refractivity contribution in [1.82, 2.24) is 5.32 Å². The van der Waals surface area contributed by atoms with Crippen LogP contribution in [0.1, 0.15) is 11.1 Å². The minimum Gasteiger partial charge on any atom is -0.452 e. The molecule has 1 amide bonds. The number of benzene rings is 2. The highest BCUT2D eigenvalue weighted by Crippen LogP contribution is 2.15. The van der Waals surface area contributed by atoms with Crippen LogP contribution < -0.4 is 10.1 Å². The summed E-state index contributed by atoms with van der Waals surface area (Å²) in [6.45, 7) is -3.09. The van der Waals surface area contributed by atoms with E-state index in [2.05, 4.69) is 10.1 Å². The van der Waals surface area contributed by atoms with Crippen molar-refractivity contribution >= 4 is 23.6 Å². The molecule has 0 atom stereocenters. The first kappa shape index (κ1) is 22.5. The van der Waals surface area contributed by atoms with Gasteiger partial charge in [0.15, 0.2) is 6.61 Å². The van der Waals surface area contributed by atoms with E-state index >= 15 is 0 Å². The van der Waals surface area contributed by atoms with Crippen molar-refractivity contribution < 1.29 is 32.8 Å². The second-order valence-electron chi connectivity index (χ2n) is 5.91. The third-order valence-corrected chi connectivity index (χ3v) is 3.75. The SMILES string of the molecule is O=C(COC(=O)/C=C/c1ccc([N+](=O)[O-])cc1)NCCc1ccc(OC(F)F)cc1. The maximum absolute atomic E-state index is 12.1. The predicted octanol–water partition coefficient (Wildman–Crippen LogP) is 3.11. The number of carbonyl (C=O) groups excluding carboxylic acids is 2. The first-order valence-corrected chi connectivity index (χ1v) is 8.73. The Morgan fingerprint density at radius 3 is 2.37 bits per heavy atom. The summed E-state index contributed by atoms with van der Waals surface area (Å²) in [6.07, 6.45) is 2.97. The van der Waals surface area contributed by atoms with Crippen LogP contribution in [0.3, 0.4) is 0 Å². The van der Waals surface area contributed by atoms with Gasteiger partial charge in [0.2, 0.25) is 0 Å². The Bertz CT molecular complexity index is 899. The number of nitro groups is 1. The summed E-state index contributed by atoms with van der Waals surface area (Å²) in [4.78, 5) is 33.4. The van der Waals surface area contributed by atoms with Crippen LogP contribution in [-0.4, -0.2) is 36.6 Å². The Morgan fingerprint density at radius 1 is 1.10 bits per heavy atom. The largest absolute Gasteiger partial charge is 0.452 e. The Kier molecular flexibility index (Phi) is 8.42. The van der Waals surface area contributed by atoms with Gasteiger partial charge in [0.1, 0.15) is 5.75 Å². The summed E-state index contributed by atoms with van der Waals surface area (Å²) in [6, 6.07) is 11.6. The summed E-state index contributed by atoms with van der Waals surface area (Å²) >= 11 is 0. The number of rotatable bonds is 10. The van der Waals surface area contributed by atoms with Crippen molar-refractivity contribution in [3.63, 3.8) is 0 Å². The lowest BCUT2D eigenvalue weighted by Gasteiger charge is -2.07. The van der Waals surface area contributed by atoms with Crippen LogP contribution in [-0.2, 0) is 20.7 Å². The van der Waals surface area contributed by atoms with Gasteiger partial charge in [-0.05, 0) is 47.9 Å². The Balaban J connectivity index is 1.67. The molecule has 2 aromatic rings. The van der Waals surface area contributed by atoms with Crippen LogP contribution in [0, 0.1) is 10.1 Å². The summed E-state index contributed by atoms with van der Waals surface area (Å²) in [5, 5.41) is 13.1. The van der Waals surface area contributed by atoms with Gasteiger partial charge in [-0.3, -0.25) is 14.9 Å².